The maximum absolute atomic E-state index is 13.5. The highest BCUT2D eigenvalue weighted by atomic mass is 19.1. The topological polar surface area (TPSA) is 15.3 Å². The normalized spacial score (nSPS) is 13.0. The standard InChI is InChI=1S/C15H25FN2/c1-5-7-17-15(6-8-18(3)4)13-9-12(2)10-14(16)11-13/h9-11,15,17H,5-8H2,1-4H3. The molecule has 3 heteroatoms. The van der Waals surface area contributed by atoms with Gasteiger partial charge in [-0.25, -0.2) is 4.39 Å². The molecular formula is C15H25FN2. The fourth-order valence-corrected chi connectivity index (χ4v) is 2.06. The number of hydrogen-bond donors (Lipinski definition) is 1. The van der Waals surface area contributed by atoms with Crippen LogP contribution in [0, 0.1) is 12.7 Å². The van der Waals surface area contributed by atoms with Crippen molar-refractivity contribution in [2.75, 3.05) is 27.2 Å². The van der Waals surface area contributed by atoms with Crippen LogP contribution in [0.4, 0.5) is 4.39 Å². The van der Waals surface area contributed by atoms with Crippen LogP contribution >= 0.6 is 0 Å². The molecule has 0 saturated carbocycles. The van der Waals surface area contributed by atoms with E-state index in [1.165, 1.54) is 0 Å². The molecule has 0 aliphatic rings. The number of hydrogen-bond acceptors (Lipinski definition) is 2. The van der Waals surface area contributed by atoms with Crippen molar-refractivity contribution in [2.45, 2.75) is 32.7 Å². The molecule has 0 radical (unpaired) electrons. The zero-order valence-electron chi connectivity index (χ0n) is 12.0. The van der Waals surface area contributed by atoms with Crippen LogP contribution < -0.4 is 5.32 Å². The molecule has 0 saturated heterocycles. The maximum Gasteiger partial charge on any atom is 0.123 e. The van der Waals surface area contributed by atoms with Gasteiger partial charge in [-0.15, -0.1) is 0 Å². The number of nitrogens with zero attached hydrogens (tertiary/aromatic N) is 1. The summed E-state index contributed by atoms with van der Waals surface area (Å²) in [5, 5.41) is 3.50. The third-order valence-corrected chi connectivity index (χ3v) is 2.97. The molecule has 1 aromatic rings. The molecule has 0 heterocycles. The Hall–Kier alpha value is -0.930. The van der Waals surface area contributed by atoms with Gasteiger partial charge in [-0.3, -0.25) is 0 Å². The summed E-state index contributed by atoms with van der Waals surface area (Å²) in [5.74, 6) is -0.141. The molecule has 18 heavy (non-hydrogen) atoms. The fraction of sp³-hybridized carbons (Fsp3) is 0.600. The van der Waals surface area contributed by atoms with Crippen molar-refractivity contribution in [3.63, 3.8) is 0 Å². The molecule has 1 unspecified atom stereocenters. The summed E-state index contributed by atoms with van der Waals surface area (Å²) in [6.45, 7) is 6.05. The van der Waals surface area contributed by atoms with Crippen molar-refractivity contribution < 1.29 is 4.39 Å². The lowest BCUT2D eigenvalue weighted by Gasteiger charge is -2.21. The minimum Gasteiger partial charge on any atom is -0.310 e. The summed E-state index contributed by atoms with van der Waals surface area (Å²) < 4.78 is 13.5. The molecule has 1 N–H and O–H groups in total. The Labute approximate surface area is 110 Å². The first-order valence-corrected chi connectivity index (χ1v) is 6.68. The van der Waals surface area contributed by atoms with Crippen LogP contribution in [0.5, 0.6) is 0 Å². The quantitative estimate of drug-likeness (QED) is 0.802. The Morgan fingerprint density at radius 3 is 2.56 bits per heavy atom. The van der Waals surface area contributed by atoms with Crippen molar-refractivity contribution >= 4 is 0 Å². The maximum atomic E-state index is 13.5. The Morgan fingerprint density at radius 1 is 1.28 bits per heavy atom. The summed E-state index contributed by atoms with van der Waals surface area (Å²) in [6.07, 6.45) is 2.09. The van der Waals surface area contributed by atoms with Gasteiger partial charge in [-0.05, 0) is 70.2 Å². The Balaban J connectivity index is 2.79. The van der Waals surface area contributed by atoms with E-state index in [9.17, 15) is 4.39 Å². The third kappa shape index (κ3) is 5.15. The summed E-state index contributed by atoms with van der Waals surface area (Å²) >= 11 is 0. The van der Waals surface area contributed by atoms with E-state index >= 15 is 0 Å². The lowest BCUT2D eigenvalue weighted by molar-refractivity contribution is 0.360. The first kappa shape index (κ1) is 15.1. The Kier molecular flexibility index (Phi) is 6.30. The molecule has 1 atom stereocenters. The number of aryl methyl sites for hydroxylation is 1. The molecular weight excluding hydrogens is 227 g/mol. The van der Waals surface area contributed by atoms with Crippen LogP contribution in [0.1, 0.15) is 36.9 Å². The highest BCUT2D eigenvalue weighted by Gasteiger charge is 2.12. The van der Waals surface area contributed by atoms with Gasteiger partial charge < -0.3 is 10.2 Å². The number of rotatable bonds is 7. The van der Waals surface area contributed by atoms with Crippen molar-refractivity contribution in [1.82, 2.24) is 10.2 Å². The molecule has 0 bridgehead atoms. The largest absolute Gasteiger partial charge is 0.310 e. The van der Waals surface area contributed by atoms with Crippen molar-refractivity contribution in [3.05, 3.63) is 35.1 Å². The Morgan fingerprint density at radius 2 is 2.00 bits per heavy atom. The van der Waals surface area contributed by atoms with E-state index in [1.54, 1.807) is 12.1 Å². The van der Waals surface area contributed by atoms with Crippen LogP contribution in [0.2, 0.25) is 0 Å². The predicted octanol–water partition coefficient (Wildman–Crippen LogP) is 3.13. The number of nitrogens with one attached hydrogen (secondary N) is 1. The second-order valence-electron chi connectivity index (χ2n) is 5.16. The minimum atomic E-state index is -0.141. The van der Waals surface area contributed by atoms with Gasteiger partial charge in [0.1, 0.15) is 5.82 Å². The summed E-state index contributed by atoms with van der Waals surface area (Å²) in [6, 6.07) is 5.54. The van der Waals surface area contributed by atoms with Gasteiger partial charge >= 0.3 is 0 Å². The summed E-state index contributed by atoms with van der Waals surface area (Å²) in [5.41, 5.74) is 2.04. The second-order valence-corrected chi connectivity index (χ2v) is 5.16. The first-order valence-electron chi connectivity index (χ1n) is 6.68. The average Bonchev–Trinajstić information content (AvgIpc) is 2.27. The van der Waals surface area contributed by atoms with E-state index in [1.807, 2.05) is 6.92 Å². The average molecular weight is 252 g/mol. The highest BCUT2D eigenvalue weighted by molar-refractivity contribution is 5.26. The van der Waals surface area contributed by atoms with E-state index in [2.05, 4.69) is 37.3 Å². The monoisotopic (exact) mass is 252 g/mol. The van der Waals surface area contributed by atoms with Gasteiger partial charge in [0.2, 0.25) is 0 Å². The van der Waals surface area contributed by atoms with Gasteiger partial charge in [0, 0.05) is 6.04 Å². The molecule has 0 fully saturated rings. The van der Waals surface area contributed by atoms with Gasteiger partial charge in [0.15, 0.2) is 0 Å². The van der Waals surface area contributed by atoms with Gasteiger partial charge in [-0.1, -0.05) is 13.0 Å². The van der Waals surface area contributed by atoms with Crippen LogP contribution in [0.3, 0.4) is 0 Å². The molecule has 0 aromatic heterocycles. The van der Waals surface area contributed by atoms with E-state index < -0.39 is 0 Å². The minimum absolute atomic E-state index is 0.141. The zero-order valence-corrected chi connectivity index (χ0v) is 12.0. The molecule has 0 aliphatic heterocycles. The van der Waals surface area contributed by atoms with Crippen LogP contribution in [-0.4, -0.2) is 32.1 Å². The third-order valence-electron chi connectivity index (χ3n) is 2.97. The second kappa shape index (κ2) is 7.49. The molecule has 0 amide bonds. The van der Waals surface area contributed by atoms with Crippen LogP contribution in [-0.2, 0) is 0 Å². The highest BCUT2D eigenvalue weighted by Crippen LogP contribution is 2.20. The van der Waals surface area contributed by atoms with E-state index in [0.29, 0.717) is 0 Å². The van der Waals surface area contributed by atoms with Crippen LogP contribution in [0.15, 0.2) is 18.2 Å². The first-order chi connectivity index (χ1) is 8.52. The smallest absolute Gasteiger partial charge is 0.123 e. The van der Waals surface area contributed by atoms with Gasteiger partial charge in [0.25, 0.3) is 0 Å². The Bertz CT molecular complexity index is 343. The molecule has 1 rings (SSSR count). The fourth-order valence-electron chi connectivity index (χ4n) is 2.06. The molecule has 2 nitrogen and oxygen atoms in total. The number of halogens is 1. The van der Waals surface area contributed by atoms with Crippen molar-refractivity contribution in [2.24, 2.45) is 0 Å². The predicted molar refractivity (Wildman–Crippen MR) is 75.3 cm³/mol. The SMILES string of the molecule is CCCNC(CCN(C)C)c1cc(C)cc(F)c1. The lowest BCUT2D eigenvalue weighted by Crippen LogP contribution is -2.26. The van der Waals surface area contributed by atoms with E-state index in [-0.39, 0.29) is 11.9 Å². The van der Waals surface area contributed by atoms with Crippen LogP contribution in [0.25, 0.3) is 0 Å². The summed E-state index contributed by atoms with van der Waals surface area (Å²) in [7, 11) is 4.13. The van der Waals surface area contributed by atoms with Gasteiger partial charge in [-0.2, -0.15) is 0 Å². The molecule has 1 aromatic carbocycles. The summed E-state index contributed by atoms with van der Waals surface area (Å²) in [4.78, 5) is 2.16. The van der Waals surface area contributed by atoms with Crippen molar-refractivity contribution in [1.29, 1.82) is 0 Å². The van der Waals surface area contributed by atoms with E-state index in [0.717, 1.165) is 37.1 Å². The van der Waals surface area contributed by atoms with Crippen molar-refractivity contribution in [3.8, 4) is 0 Å². The molecule has 102 valence electrons. The zero-order chi connectivity index (χ0) is 13.5. The lowest BCUT2D eigenvalue weighted by atomic mass is 10.0. The van der Waals surface area contributed by atoms with E-state index in [4.69, 9.17) is 0 Å². The molecule has 0 spiro atoms. The number of benzene rings is 1. The van der Waals surface area contributed by atoms with Gasteiger partial charge in [0.05, 0.1) is 0 Å². The molecule has 0 aliphatic carbocycles.